The number of aromatic nitrogens is 3. The number of hydrogen-bond acceptors (Lipinski definition) is 4. The second-order valence-electron chi connectivity index (χ2n) is 6.94. The maximum atomic E-state index is 12.9. The second-order valence-corrected chi connectivity index (χ2v) is 6.94. The van der Waals surface area contributed by atoms with E-state index < -0.39 is 0 Å². The van der Waals surface area contributed by atoms with E-state index in [1.165, 1.54) is 0 Å². The van der Waals surface area contributed by atoms with Crippen LogP contribution in [0.25, 0.3) is 22.2 Å². The van der Waals surface area contributed by atoms with Gasteiger partial charge in [0.15, 0.2) is 0 Å². The van der Waals surface area contributed by atoms with Crippen molar-refractivity contribution in [1.29, 1.82) is 0 Å². The summed E-state index contributed by atoms with van der Waals surface area (Å²) in [5.74, 6) is -0.0610. The Labute approximate surface area is 160 Å². The molecule has 0 aliphatic carbocycles. The molecular formula is C21H27N5O. The molecule has 0 spiro atoms. The Kier molecular flexibility index (Phi) is 5.86. The summed E-state index contributed by atoms with van der Waals surface area (Å²) in [5.41, 5.74) is 4.27. The highest BCUT2D eigenvalue weighted by molar-refractivity contribution is 6.07. The molecule has 2 aromatic heterocycles. The molecule has 142 valence electrons. The van der Waals surface area contributed by atoms with Gasteiger partial charge in [0.25, 0.3) is 5.91 Å². The third-order valence-electron chi connectivity index (χ3n) is 4.71. The van der Waals surface area contributed by atoms with Crippen molar-refractivity contribution >= 4 is 16.8 Å². The Balaban J connectivity index is 1.96. The molecule has 27 heavy (non-hydrogen) atoms. The molecule has 1 amide bonds. The molecule has 1 aromatic carbocycles. The number of nitrogens with zero attached hydrogens (tertiary/aromatic N) is 4. The minimum Gasteiger partial charge on any atom is -0.352 e. The zero-order valence-electron chi connectivity index (χ0n) is 16.5. The zero-order chi connectivity index (χ0) is 19.4. The van der Waals surface area contributed by atoms with Gasteiger partial charge in [0.05, 0.1) is 23.0 Å². The zero-order valence-corrected chi connectivity index (χ0v) is 16.5. The molecule has 0 aliphatic rings. The SMILES string of the molecule is CCn1ncc(-c2cc(C(=O)NCCCN(C)C)c3ccccc3n2)c1C. The van der Waals surface area contributed by atoms with Crippen LogP contribution in [0.1, 0.15) is 29.4 Å². The molecular weight excluding hydrogens is 338 g/mol. The van der Waals surface area contributed by atoms with Crippen LogP contribution >= 0.6 is 0 Å². The Morgan fingerprint density at radius 2 is 2.04 bits per heavy atom. The Hall–Kier alpha value is -2.73. The first-order chi connectivity index (χ1) is 13.0. The van der Waals surface area contributed by atoms with Crippen molar-refractivity contribution in [2.45, 2.75) is 26.8 Å². The highest BCUT2D eigenvalue weighted by atomic mass is 16.1. The maximum absolute atomic E-state index is 12.9. The molecule has 0 atom stereocenters. The highest BCUT2D eigenvalue weighted by Crippen LogP contribution is 2.27. The molecule has 3 rings (SSSR count). The van der Waals surface area contributed by atoms with Crippen LogP contribution < -0.4 is 5.32 Å². The number of benzene rings is 1. The Morgan fingerprint density at radius 1 is 1.26 bits per heavy atom. The lowest BCUT2D eigenvalue weighted by molar-refractivity contribution is 0.0954. The molecule has 0 radical (unpaired) electrons. The number of nitrogens with one attached hydrogen (secondary N) is 1. The molecule has 6 heteroatoms. The lowest BCUT2D eigenvalue weighted by atomic mass is 10.0. The molecule has 1 N–H and O–H groups in total. The van der Waals surface area contributed by atoms with E-state index in [1.54, 1.807) is 0 Å². The standard InChI is InChI=1S/C21H27N5O/c1-5-26-15(2)18(14-23-26)20-13-17(16-9-6-7-10-19(16)24-20)21(27)22-11-8-12-25(3)4/h6-7,9-10,13-14H,5,8,11-12H2,1-4H3,(H,22,27). The smallest absolute Gasteiger partial charge is 0.252 e. The fraction of sp³-hybridized carbons (Fsp3) is 0.381. The number of amides is 1. The topological polar surface area (TPSA) is 63.1 Å². The van der Waals surface area contributed by atoms with Gasteiger partial charge in [-0.15, -0.1) is 0 Å². The van der Waals surface area contributed by atoms with Crippen LogP contribution in [0.5, 0.6) is 0 Å². The number of carbonyl (C=O) groups excluding carboxylic acids is 1. The van der Waals surface area contributed by atoms with Crippen molar-refractivity contribution in [3.63, 3.8) is 0 Å². The van der Waals surface area contributed by atoms with E-state index in [2.05, 4.69) is 22.2 Å². The van der Waals surface area contributed by atoms with Crippen molar-refractivity contribution in [3.05, 3.63) is 47.8 Å². The van der Waals surface area contributed by atoms with E-state index in [-0.39, 0.29) is 5.91 Å². The number of aryl methyl sites for hydroxylation is 1. The van der Waals surface area contributed by atoms with Crippen LogP contribution in [0.15, 0.2) is 36.5 Å². The normalized spacial score (nSPS) is 11.3. The van der Waals surface area contributed by atoms with Gasteiger partial charge in [0, 0.05) is 29.7 Å². The number of para-hydroxylation sites is 1. The number of rotatable bonds is 7. The fourth-order valence-electron chi connectivity index (χ4n) is 3.21. The van der Waals surface area contributed by atoms with Crippen LogP contribution in [-0.4, -0.2) is 52.8 Å². The van der Waals surface area contributed by atoms with Gasteiger partial charge in [-0.1, -0.05) is 18.2 Å². The minimum absolute atomic E-state index is 0.0610. The summed E-state index contributed by atoms with van der Waals surface area (Å²) < 4.78 is 1.94. The highest BCUT2D eigenvalue weighted by Gasteiger charge is 2.16. The number of pyridine rings is 1. The van der Waals surface area contributed by atoms with E-state index in [4.69, 9.17) is 4.98 Å². The monoisotopic (exact) mass is 365 g/mol. The van der Waals surface area contributed by atoms with Gasteiger partial charge >= 0.3 is 0 Å². The summed E-state index contributed by atoms with van der Waals surface area (Å²) in [6.45, 7) is 6.49. The van der Waals surface area contributed by atoms with Gasteiger partial charge in [0.1, 0.15) is 0 Å². The van der Waals surface area contributed by atoms with Gasteiger partial charge < -0.3 is 10.2 Å². The van der Waals surface area contributed by atoms with E-state index in [0.29, 0.717) is 12.1 Å². The van der Waals surface area contributed by atoms with Gasteiger partial charge in [-0.3, -0.25) is 9.48 Å². The summed E-state index contributed by atoms with van der Waals surface area (Å²) >= 11 is 0. The number of hydrogen-bond donors (Lipinski definition) is 1. The van der Waals surface area contributed by atoms with Crippen molar-refractivity contribution < 1.29 is 4.79 Å². The minimum atomic E-state index is -0.0610. The third-order valence-corrected chi connectivity index (χ3v) is 4.71. The largest absolute Gasteiger partial charge is 0.352 e. The predicted octanol–water partition coefficient (Wildman–Crippen LogP) is 3.11. The van der Waals surface area contributed by atoms with Crippen LogP contribution in [0.3, 0.4) is 0 Å². The summed E-state index contributed by atoms with van der Waals surface area (Å²) in [6.07, 6.45) is 2.74. The van der Waals surface area contributed by atoms with E-state index in [1.807, 2.05) is 62.2 Å². The van der Waals surface area contributed by atoms with E-state index in [0.717, 1.165) is 47.4 Å². The van der Waals surface area contributed by atoms with Crippen molar-refractivity contribution in [2.75, 3.05) is 27.2 Å². The second kappa shape index (κ2) is 8.31. The molecule has 2 heterocycles. The van der Waals surface area contributed by atoms with Crippen molar-refractivity contribution in [3.8, 4) is 11.3 Å². The predicted molar refractivity (Wildman–Crippen MR) is 109 cm³/mol. The van der Waals surface area contributed by atoms with Crippen LogP contribution in [0, 0.1) is 6.92 Å². The average molecular weight is 365 g/mol. The molecule has 0 fully saturated rings. The van der Waals surface area contributed by atoms with Crippen molar-refractivity contribution in [2.24, 2.45) is 0 Å². The van der Waals surface area contributed by atoms with Crippen molar-refractivity contribution in [1.82, 2.24) is 25.0 Å². The van der Waals surface area contributed by atoms with E-state index in [9.17, 15) is 4.79 Å². The lowest BCUT2D eigenvalue weighted by Gasteiger charge is -2.12. The molecule has 0 unspecified atom stereocenters. The van der Waals surface area contributed by atoms with Gasteiger partial charge in [0.2, 0.25) is 0 Å². The van der Waals surface area contributed by atoms with Crippen LogP contribution in [-0.2, 0) is 6.54 Å². The molecule has 3 aromatic rings. The number of carbonyl (C=O) groups is 1. The summed E-state index contributed by atoms with van der Waals surface area (Å²) in [5, 5.41) is 8.32. The molecule has 0 saturated carbocycles. The Morgan fingerprint density at radius 3 is 2.74 bits per heavy atom. The average Bonchev–Trinajstić information content (AvgIpc) is 3.04. The lowest BCUT2D eigenvalue weighted by Crippen LogP contribution is -2.27. The van der Waals surface area contributed by atoms with Crippen LogP contribution in [0.4, 0.5) is 0 Å². The summed E-state index contributed by atoms with van der Waals surface area (Å²) in [7, 11) is 4.06. The van der Waals surface area contributed by atoms with Crippen LogP contribution in [0.2, 0.25) is 0 Å². The molecule has 6 nitrogen and oxygen atoms in total. The number of fused-ring (bicyclic) bond motifs is 1. The van der Waals surface area contributed by atoms with Gasteiger partial charge in [-0.05, 0) is 53.0 Å². The van der Waals surface area contributed by atoms with E-state index >= 15 is 0 Å². The first kappa shape index (κ1) is 19.0. The first-order valence-electron chi connectivity index (χ1n) is 9.36. The molecule has 0 bridgehead atoms. The summed E-state index contributed by atoms with van der Waals surface area (Å²) in [6, 6.07) is 9.66. The Bertz CT molecular complexity index is 945. The third kappa shape index (κ3) is 4.17. The molecule has 0 saturated heterocycles. The first-order valence-corrected chi connectivity index (χ1v) is 9.36. The quantitative estimate of drug-likeness (QED) is 0.654. The van der Waals surface area contributed by atoms with Gasteiger partial charge in [-0.25, -0.2) is 4.98 Å². The van der Waals surface area contributed by atoms with Gasteiger partial charge in [-0.2, -0.15) is 5.10 Å². The molecule has 0 aliphatic heterocycles. The maximum Gasteiger partial charge on any atom is 0.252 e. The summed E-state index contributed by atoms with van der Waals surface area (Å²) in [4.78, 5) is 19.7. The fourth-order valence-corrected chi connectivity index (χ4v) is 3.21.